The van der Waals surface area contributed by atoms with Gasteiger partial charge in [0, 0.05) is 22.1 Å². The molecule has 0 aromatic carbocycles. The van der Waals surface area contributed by atoms with E-state index in [0.717, 1.165) is 0 Å². The summed E-state index contributed by atoms with van der Waals surface area (Å²) in [5.41, 5.74) is 6.84. The molecule has 3 rings (SSSR count). The largest absolute Gasteiger partial charge is 0.271 e. The Kier molecular flexibility index (Phi) is 3.16. The zero-order valence-corrected chi connectivity index (χ0v) is 11.3. The summed E-state index contributed by atoms with van der Waals surface area (Å²) in [5.74, 6) is 5.75. The number of rotatable bonds is 3. The van der Waals surface area contributed by atoms with Gasteiger partial charge >= 0.3 is 0 Å². The zero-order chi connectivity index (χ0) is 12.5. The smallest absolute Gasteiger partial charge is 0.0820 e. The van der Waals surface area contributed by atoms with Gasteiger partial charge < -0.3 is 0 Å². The number of hydrogen-bond acceptors (Lipinski definition) is 4. The molecular formula is C14H17N3S. The Labute approximate surface area is 111 Å². The first-order valence-electron chi connectivity index (χ1n) is 6.27. The van der Waals surface area contributed by atoms with Crippen molar-refractivity contribution in [2.75, 3.05) is 0 Å². The molecule has 0 spiro atoms. The normalized spacial score (nSPS) is 15.7. The van der Waals surface area contributed by atoms with Gasteiger partial charge in [-0.1, -0.05) is 0 Å². The van der Waals surface area contributed by atoms with Gasteiger partial charge in [0.05, 0.1) is 6.04 Å². The lowest BCUT2D eigenvalue weighted by Crippen LogP contribution is -2.28. The SMILES string of the molecule is Cc1ccncc1C(NN)c1cc2c(s1)CCC2. The third-order valence-electron chi connectivity index (χ3n) is 3.61. The molecule has 1 atom stereocenters. The van der Waals surface area contributed by atoms with Crippen molar-refractivity contribution in [2.45, 2.75) is 32.2 Å². The highest BCUT2D eigenvalue weighted by molar-refractivity contribution is 7.12. The number of fused-ring (bicyclic) bond motifs is 1. The molecule has 94 valence electrons. The van der Waals surface area contributed by atoms with Crippen LogP contribution in [0.3, 0.4) is 0 Å². The monoisotopic (exact) mass is 259 g/mol. The van der Waals surface area contributed by atoms with Gasteiger partial charge in [-0.3, -0.25) is 10.8 Å². The van der Waals surface area contributed by atoms with Crippen molar-refractivity contribution in [1.82, 2.24) is 10.4 Å². The molecule has 0 amide bonds. The number of nitrogens with zero attached hydrogens (tertiary/aromatic N) is 1. The van der Waals surface area contributed by atoms with E-state index in [1.54, 1.807) is 0 Å². The van der Waals surface area contributed by atoms with E-state index in [4.69, 9.17) is 5.84 Å². The molecule has 2 aromatic rings. The first-order chi connectivity index (χ1) is 8.79. The number of pyridine rings is 1. The van der Waals surface area contributed by atoms with Crippen molar-refractivity contribution in [3.63, 3.8) is 0 Å². The van der Waals surface area contributed by atoms with Crippen molar-refractivity contribution in [3.8, 4) is 0 Å². The molecule has 0 bridgehead atoms. The molecular weight excluding hydrogens is 242 g/mol. The molecule has 3 nitrogen and oxygen atoms in total. The van der Waals surface area contributed by atoms with Gasteiger partial charge in [-0.15, -0.1) is 11.3 Å². The zero-order valence-electron chi connectivity index (χ0n) is 10.4. The topological polar surface area (TPSA) is 50.9 Å². The number of hydrazine groups is 1. The van der Waals surface area contributed by atoms with Crippen molar-refractivity contribution in [2.24, 2.45) is 5.84 Å². The quantitative estimate of drug-likeness (QED) is 0.658. The Morgan fingerprint density at radius 3 is 3.06 bits per heavy atom. The fourth-order valence-corrected chi connectivity index (χ4v) is 3.93. The predicted molar refractivity (Wildman–Crippen MR) is 74.5 cm³/mol. The number of aryl methyl sites for hydroxylation is 3. The van der Waals surface area contributed by atoms with Gasteiger partial charge in [-0.25, -0.2) is 5.43 Å². The number of thiophene rings is 1. The van der Waals surface area contributed by atoms with Crippen LogP contribution in [0.2, 0.25) is 0 Å². The Morgan fingerprint density at radius 2 is 2.33 bits per heavy atom. The summed E-state index contributed by atoms with van der Waals surface area (Å²) in [6.45, 7) is 2.10. The third kappa shape index (κ3) is 1.96. The molecule has 0 aliphatic heterocycles. The molecule has 0 fully saturated rings. The molecule has 2 aromatic heterocycles. The fourth-order valence-electron chi connectivity index (χ4n) is 2.60. The summed E-state index contributed by atoms with van der Waals surface area (Å²) >= 11 is 1.89. The Balaban J connectivity index is 1.99. The summed E-state index contributed by atoms with van der Waals surface area (Å²) in [6, 6.07) is 4.40. The number of nitrogens with two attached hydrogens (primary N) is 1. The molecule has 1 aliphatic carbocycles. The number of nitrogens with one attached hydrogen (secondary N) is 1. The Morgan fingerprint density at radius 1 is 1.44 bits per heavy atom. The van der Waals surface area contributed by atoms with Gasteiger partial charge in [0.25, 0.3) is 0 Å². The summed E-state index contributed by atoms with van der Waals surface area (Å²) < 4.78 is 0. The van der Waals surface area contributed by atoms with Crippen LogP contribution in [-0.4, -0.2) is 4.98 Å². The molecule has 1 unspecified atom stereocenters. The van der Waals surface area contributed by atoms with Crippen molar-refractivity contribution in [1.29, 1.82) is 0 Å². The van der Waals surface area contributed by atoms with E-state index in [9.17, 15) is 0 Å². The summed E-state index contributed by atoms with van der Waals surface area (Å²) in [5, 5.41) is 0. The molecule has 3 N–H and O–H groups in total. The van der Waals surface area contributed by atoms with E-state index >= 15 is 0 Å². The molecule has 18 heavy (non-hydrogen) atoms. The second kappa shape index (κ2) is 4.80. The first kappa shape index (κ1) is 11.8. The minimum atomic E-state index is 0.0642. The average Bonchev–Trinajstić information content (AvgIpc) is 2.93. The minimum absolute atomic E-state index is 0.0642. The maximum Gasteiger partial charge on any atom is 0.0820 e. The maximum absolute atomic E-state index is 5.75. The lowest BCUT2D eigenvalue weighted by atomic mass is 10.0. The molecule has 0 radical (unpaired) electrons. The highest BCUT2D eigenvalue weighted by Crippen LogP contribution is 2.36. The van der Waals surface area contributed by atoms with Gasteiger partial charge in [0.2, 0.25) is 0 Å². The molecule has 2 heterocycles. The van der Waals surface area contributed by atoms with Crippen molar-refractivity contribution in [3.05, 3.63) is 51.0 Å². The van der Waals surface area contributed by atoms with Gasteiger partial charge in [0.1, 0.15) is 0 Å². The van der Waals surface area contributed by atoms with Crippen LogP contribution < -0.4 is 11.3 Å². The van der Waals surface area contributed by atoms with Crippen molar-refractivity contribution >= 4 is 11.3 Å². The molecule has 1 aliphatic rings. The number of hydrogen-bond donors (Lipinski definition) is 2. The van der Waals surface area contributed by atoms with E-state index in [1.807, 2.05) is 29.8 Å². The van der Waals surface area contributed by atoms with Crippen LogP contribution in [0.5, 0.6) is 0 Å². The Hall–Kier alpha value is -1.23. The lowest BCUT2D eigenvalue weighted by molar-refractivity contribution is 0.640. The average molecular weight is 259 g/mol. The van der Waals surface area contributed by atoms with Crippen LogP contribution in [0, 0.1) is 6.92 Å². The van der Waals surface area contributed by atoms with Gasteiger partial charge in [0.15, 0.2) is 0 Å². The van der Waals surface area contributed by atoms with Crippen LogP contribution in [0.1, 0.15) is 38.9 Å². The molecule has 0 saturated carbocycles. The maximum atomic E-state index is 5.75. The van der Waals surface area contributed by atoms with E-state index in [-0.39, 0.29) is 6.04 Å². The van der Waals surface area contributed by atoms with Crippen LogP contribution in [0.25, 0.3) is 0 Å². The third-order valence-corrected chi connectivity index (χ3v) is 4.91. The van der Waals surface area contributed by atoms with Crippen LogP contribution in [-0.2, 0) is 12.8 Å². The molecule has 0 saturated heterocycles. The van der Waals surface area contributed by atoms with Crippen LogP contribution in [0.15, 0.2) is 24.5 Å². The van der Waals surface area contributed by atoms with Gasteiger partial charge in [-0.2, -0.15) is 0 Å². The van der Waals surface area contributed by atoms with E-state index in [0.29, 0.717) is 0 Å². The number of aromatic nitrogens is 1. The lowest BCUT2D eigenvalue weighted by Gasteiger charge is -2.16. The van der Waals surface area contributed by atoms with Gasteiger partial charge in [-0.05, 0) is 55.0 Å². The van der Waals surface area contributed by atoms with E-state index in [2.05, 4.69) is 23.4 Å². The van der Waals surface area contributed by atoms with Crippen LogP contribution >= 0.6 is 11.3 Å². The summed E-state index contributed by atoms with van der Waals surface area (Å²) in [4.78, 5) is 7.05. The second-order valence-electron chi connectivity index (χ2n) is 4.78. The second-order valence-corrected chi connectivity index (χ2v) is 5.95. The fraction of sp³-hybridized carbons (Fsp3) is 0.357. The Bertz CT molecular complexity index is 540. The van der Waals surface area contributed by atoms with E-state index < -0.39 is 0 Å². The summed E-state index contributed by atoms with van der Waals surface area (Å²) in [6.07, 6.45) is 7.47. The highest BCUT2D eigenvalue weighted by atomic mass is 32.1. The standard InChI is InChI=1S/C14H17N3S/c1-9-5-6-16-8-11(9)14(17-15)13-7-10-3-2-4-12(10)18-13/h5-8,14,17H,2-4,15H2,1H3. The highest BCUT2D eigenvalue weighted by Gasteiger charge is 2.21. The van der Waals surface area contributed by atoms with E-state index in [1.165, 1.54) is 45.7 Å². The first-order valence-corrected chi connectivity index (χ1v) is 7.09. The minimum Gasteiger partial charge on any atom is -0.271 e. The summed E-state index contributed by atoms with van der Waals surface area (Å²) in [7, 11) is 0. The van der Waals surface area contributed by atoms with Crippen molar-refractivity contribution < 1.29 is 0 Å². The predicted octanol–water partition coefficient (Wildman–Crippen LogP) is 2.49. The molecule has 4 heteroatoms. The van der Waals surface area contributed by atoms with Crippen LogP contribution in [0.4, 0.5) is 0 Å².